The molecule has 2 aromatic rings. The number of rotatable bonds is 1. The fourth-order valence-corrected chi connectivity index (χ4v) is 2.59. The van der Waals surface area contributed by atoms with Crippen molar-refractivity contribution in [2.45, 2.75) is 12.8 Å². The number of nitrogens with zero attached hydrogens (tertiary/aromatic N) is 2. The number of benzene rings is 1. The minimum absolute atomic E-state index is 0.616. The second-order valence-electron chi connectivity index (χ2n) is 4.30. The van der Waals surface area contributed by atoms with Crippen molar-refractivity contribution in [3.63, 3.8) is 0 Å². The maximum atomic E-state index is 5.62. The van der Waals surface area contributed by atoms with E-state index in [1.54, 1.807) is 0 Å². The van der Waals surface area contributed by atoms with E-state index in [0.29, 0.717) is 6.54 Å². The van der Waals surface area contributed by atoms with Crippen molar-refractivity contribution >= 4 is 16.5 Å². The van der Waals surface area contributed by atoms with Gasteiger partial charge in [0.25, 0.3) is 0 Å². The molecular formula is C13H15N3. The Bertz CT molecular complexity index is 578. The lowest BCUT2D eigenvalue weighted by atomic mass is 10.0. The summed E-state index contributed by atoms with van der Waals surface area (Å²) < 4.78 is 1.88. The van der Waals surface area contributed by atoms with Crippen LogP contribution in [0, 0.1) is 0 Å². The summed E-state index contributed by atoms with van der Waals surface area (Å²) in [5.74, 6) is 0. The van der Waals surface area contributed by atoms with Crippen LogP contribution in [0.25, 0.3) is 16.5 Å². The first-order valence-electron chi connectivity index (χ1n) is 5.64. The monoisotopic (exact) mass is 213 g/mol. The quantitative estimate of drug-likeness (QED) is 0.785. The van der Waals surface area contributed by atoms with Gasteiger partial charge in [-0.1, -0.05) is 12.1 Å². The smallest absolute Gasteiger partial charge is 0.0929 e. The van der Waals surface area contributed by atoms with Crippen LogP contribution in [-0.4, -0.2) is 16.3 Å². The minimum atomic E-state index is 0.616. The van der Waals surface area contributed by atoms with Gasteiger partial charge in [-0.05, 0) is 35.6 Å². The van der Waals surface area contributed by atoms with Crippen molar-refractivity contribution in [3.05, 3.63) is 35.5 Å². The van der Waals surface area contributed by atoms with Gasteiger partial charge < -0.3 is 5.73 Å². The Labute approximate surface area is 94.6 Å². The Hall–Kier alpha value is -1.61. The molecule has 0 unspecified atom stereocenters. The number of nitrogens with two attached hydrogens (primary N) is 1. The van der Waals surface area contributed by atoms with Gasteiger partial charge in [-0.3, -0.25) is 4.68 Å². The Kier molecular flexibility index (Phi) is 2.07. The number of hydrogen-bond acceptors (Lipinski definition) is 2. The molecule has 16 heavy (non-hydrogen) atoms. The number of aryl methyl sites for hydroxylation is 2. The van der Waals surface area contributed by atoms with Crippen molar-refractivity contribution in [1.82, 2.24) is 9.78 Å². The van der Waals surface area contributed by atoms with E-state index in [1.165, 1.54) is 22.1 Å². The van der Waals surface area contributed by atoms with E-state index >= 15 is 0 Å². The van der Waals surface area contributed by atoms with Crippen molar-refractivity contribution in [1.29, 1.82) is 0 Å². The molecule has 2 N–H and O–H groups in total. The van der Waals surface area contributed by atoms with Crippen LogP contribution in [0.4, 0.5) is 0 Å². The molecule has 3 nitrogen and oxygen atoms in total. The Morgan fingerprint density at radius 3 is 3.12 bits per heavy atom. The third kappa shape index (κ3) is 1.28. The highest BCUT2D eigenvalue weighted by molar-refractivity contribution is 5.94. The first kappa shape index (κ1) is 9.60. The Morgan fingerprint density at radius 1 is 1.44 bits per heavy atom. The molecule has 1 heterocycles. The highest BCUT2D eigenvalue weighted by atomic mass is 15.2. The summed E-state index contributed by atoms with van der Waals surface area (Å²) >= 11 is 0. The standard InChI is InChI=1S/C13H15N3/c1-16-8-11-12(15-16)5-4-9-2-3-10(6-7-14)13(9)11/h4-6,8H,2-3,7,14H2,1H3/b10-6+. The zero-order valence-electron chi connectivity index (χ0n) is 9.40. The fraction of sp³-hybridized carbons (Fsp3) is 0.308. The summed E-state index contributed by atoms with van der Waals surface area (Å²) in [6.45, 7) is 0.616. The second kappa shape index (κ2) is 3.46. The first-order chi connectivity index (χ1) is 7.79. The summed E-state index contributed by atoms with van der Waals surface area (Å²) in [4.78, 5) is 0. The molecule has 3 rings (SSSR count). The minimum Gasteiger partial charge on any atom is -0.327 e. The highest BCUT2D eigenvalue weighted by Gasteiger charge is 2.19. The van der Waals surface area contributed by atoms with Gasteiger partial charge >= 0.3 is 0 Å². The second-order valence-corrected chi connectivity index (χ2v) is 4.30. The predicted molar refractivity (Wildman–Crippen MR) is 66.1 cm³/mol. The summed E-state index contributed by atoms with van der Waals surface area (Å²) in [7, 11) is 1.97. The van der Waals surface area contributed by atoms with Gasteiger partial charge in [0, 0.05) is 25.2 Å². The summed E-state index contributed by atoms with van der Waals surface area (Å²) in [6, 6.07) is 4.31. The van der Waals surface area contributed by atoms with E-state index < -0.39 is 0 Å². The molecule has 1 aromatic carbocycles. The fourth-order valence-electron chi connectivity index (χ4n) is 2.59. The van der Waals surface area contributed by atoms with E-state index in [9.17, 15) is 0 Å². The van der Waals surface area contributed by atoms with Gasteiger partial charge in [0.15, 0.2) is 0 Å². The molecule has 0 atom stereocenters. The van der Waals surface area contributed by atoms with Crippen molar-refractivity contribution < 1.29 is 0 Å². The first-order valence-corrected chi connectivity index (χ1v) is 5.64. The van der Waals surface area contributed by atoms with Crippen LogP contribution in [0.5, 0.6) is 0 Å². The molecule has 1 aromatic heterocycles. The number of aromatic nitrogens is 2. The third-order valence-electron chi connectivity index (χ3n) is 3.24. The predicted octanol–water partition coefficient (Wildman–Crippen LogP) is 1.86. The van der Waals surface area contributed by atoms with Crippen molar-refractivity contribution in [2.24, 2.45) is 12.8 Å². The molecule has 0 spiro atoms. The van der Waals surface area contributed by atoms with Gasteiger partial charge in [0.05, 0.1) is 5.52 Å². The Balaban J connectivity index is 2.32. The average molecular weight is 213 g/mol. The zero-order valence-corrected chi connectivity index (χ0v) is 9.40. The number of hydrogen-bond donors (Lipinski definition) is 1. The molecule has 3 heteroatoms. The zero-order chi connectivity index (χ0) is 11.1. The lowest BCUT2D eigenvalue weighted by Gasteiger charge is -2.02. The Morgan fingerprint density at radius 2 is 2.31 bits per heavy atom. The number of fused-ring (bicyclic) bond motifs is 3. The number of allylic oxidation sites excluding steroid dienone is 1. The van der Waals surface area contributed by atoms with E-state index in [4.69, 9.17) is 5.73 Å². The molecule has 1 aliphatic rings. The average Bonchev–Trinajstić information content (AvgIpc) is 2.81. The molecule has 0 fully saturated rings. The molecule has 0 aliphatic heterocycles. The van der Waals surface area contributed by atoms with E-state index in [0.717, 1.165) is 18.4 Å². The summed E-state index contributed by atoms with van der Waals surface area (Å²) in [5, 5.41) is 5.70. The third-order valence-corrected chi connectivity index (χ3v) is 3.24. The van der Waals surface area contributed by atoms with Crippen molar-refractivity contribution in [3.8, 4) is 0 Å². The van der Waals surface area contributed by atoms with Gasteiger partial charge in [-0.2, -0.15) is 5.10 Å². The largest absolute Gasteiger partial charge is 0.327 e. The normalized spacial score (nSPS) is 17.2. The molecular weight excluding hydrogens is 198 g/mol. The van der Waals surface area contributed by atoms with E-state index in [-0.39, 0.29) is 0 Å². The van der Waals surface area contributed by atoms with Gasteiger partial charge in [-0.15, -0.1) is 0 Å². The van der Waals surface area contributed by atoms with Crippen LogP contribution >= 0.6 is 0 Å². The van der Waals surface area contributed by atoms with Gasteiger partial charge in [0.1, 0.15) is 0 Å². The van der Waals surface area contributed by atoms with E-state index in [1.807, 2.05) is 11.7 Å². The lowest BCUT2D eigenvalue weighted by Crippen LogP contribution is -1.94. The van der Waals surface area contributed by atoms with Crippen LogP contribution in [0.3, 0.4) is 0 Å². The van der Waals surface area contributed by atoms with Gasteiger partial charge in [-0.25, -0.2) is 0 Å². The molecule has 1 aliphatic carbocycles. The summed E-state index contributed by atoms with van der Waals surface area (Å²) in [6.07, 6.45) is 6.48. The van der Waals surface area contributed by atoms with Crippen LogP contribution in [0.1, 0.15) is 17.5 Å². The molecule has 0 saturated carbocycles. The summed E-state index contributed by atoms with van der Waals surface area (Å²) in [5.41, 5.74) is 10.9. The SMILES string of the molecule is Cn1cc2c3c(ccc2n1)CC/C3=C\CN. The van der Waals surface area contributed by atoms with E-state index in [2.05, 4.69) is 29.5 Å². The maximum absolute atomic E-state index is 5.62. The molecule has 0 radical (unpaired) electrons. The van der Waals surface area contributed by atoms with Crippen LogP contribution < -0.4 is 5.73 Å². The molecule has 0 saturated heterocycles. The molecule has 82 valence electrons. The molecule has 0 bridgehead atoms. The lowest BCUT2D eigenvalue weighted by molar-refractivity contribution is 0.779. The van der Waals surface area contributed by atoms with Crippen molar-refractivity contribution in [2.75, 3.05) is 6.54 Å². The highest BCUT2D eigenvalue weighted by Crippen LogP contribution is 2.36. The van der Waals surface area contributed by atoms with Crippen LogP contribution in [-0.2, 0) is 13.5 Å². The van der Waals surface area contributed by atoms with Crippen LogP contribution in [0.2, 0.25) is 0 Å². The molecule has 0 amide bonds. The topological polar surface area (TPSA) is 43.8 Å². The van der Waals surface area contributed by atoms with Crippen LogP contribution in [0.15, 0.2) is 24.4 Å². The maximum Gasteiger partial charge on any atom is 0.0929 e. The van der Waals surface area contributed by atoms with Gasteiger partial charge in [0.2, 0.25) is 0 Å².